The third-order valence-corrected chi connectivity index (χ3v) is 2.92. The molecule has 2 rings (SSSR count). The highest BCUT2D eigenvalue weighted by molar-refractivity contribution is 7.09. The van der Waals surface area contributed by atoms with Crippen LogP contribution in [0.5, 0.6) is 0 Å². The molecule has 0 atom stereocenters. The van der Waals surface area contributed by atoms with E-state index in [1.54, 1.807) is 23.6 Å². The van der Waals surface area contributed by atoms with Gasteiger partial charge in [-0.15, -0.1) is 11.3 Å². The number of nitrogens with one attached hydrogen (secondary N) is 1. The Balaban J connectivity index is 1.87. The van der Waals surface area contributed by atoms with Gasteiger partial charge in [0.2, 0.25) is 0 Å². The number of halogens is 1. The minimum absolute atomic E-state index is 0.274. The van der Waals surface area contributed by atoms with E-state index in [0.717, 1.165) is 10.7 Å². The number of nitrogens with zero attached hydrogens (tertiary/aromatic N) is 2. The van der Waals surface area contributed by atoms with Gasteiger partial charge in [-0.25, -0.2) is 9.37 Å². The molecule has 5 heteroatoms. The van der Waals surface area contributed by atoms with Crippen LogP contribution in [-0.2, 0) is 13.1 Å². The van der Waals surface area contributed by atoms with Crippen LogP contribution in [0.2, 0.25) is 0 Å². The van der Waals surface area contributed by atoms with Crippen molar-refractivity contribution in [3.63, 3.8) is 0 Å². The van der Waals surface area contributed by atoms with Gasteiger partial charge in [-0.3, -0.25) is 4.98 Å². The molecule has 0 aliphatic carbocycles. The Morgan fingerprint density at radius 1 is 1.44 bits per heavy atom. The second-order valence-electron chi connectivity index (χ2n) is 3.39. The average molecular weight is 237 g/mol. The summed E-state index contributed by atoms with van der Waals surface area (Å²) >= 11 is 1.61. The molecular weight excluding hydrogens is 225 g/mol. The van der Waals surface area contributed by atoms with Gasteiger partial charge in [-0.2, -0.15) is 0 Å². The number of hydrogen-bond donors (Lipinski definition) is 1. The van der Waals surface area contributed by atoms with E-state index >= 15 is 0 Å². The third kappa shape index (κ3) is 2.84. The highest BCUT2D eigenvalue weighted by Crippen LogP contribution is 2.08. The number of hydrogen-bond acceptors (Lipinski definition) is 4. The number of pyridine rings is 1. The van der Waals surface area contributed by atoms with Gasteiger partial charge in [-0.1, -0.05) is 0 Å². The van der Waals surface area contributed by atoms with Gasteiger partial charge >= 0.3 is 0 Å². The molecule has 2 aromatic rings. The van der Waals surface area contributed by atoms with Crippen LogP contribution in [-0.4, -0.2) is 9.97 Å². The van der Waals surface area contributed by atoms with Crippen LogP contribution >= 0.6 is 11.3 Å². The first-order chi connectivity index (χ1) is 7.75. The lowest BCUT2D eigenvalue weighted by molar-refractivity contribution is 0.572. The van der Waals surface area contributed by atoms with E-state index in [4.69, 9.17) is 0 Å². The molecule has 0 spiro atoms. The Labute approximate surface area is 97.4 Å². The van der Waals surface area contributed by atoms with E-state index < -0.39 is 0 Å². The van der Waals surface area contributed by atoms with Crippen molar-refractivity contribution in [1.29, 1.82) is 0 Å². The summed E-state index contributed by atoms with van der Waals surface area (Å²) in [5.74, 6) is -0.274. The number of rotatable bonds is 4. The molecule has 0 saturated carbocycles. The fraction of sp³-hybridized carbons (Fsp3) is 0.273. The SMILES string of the molecule is Cc1nc(CNCc2ncccc2F)cs1. The highest BCUT2D eigenvalue weighted by Gasteiger charge is 2.02. The van der Waals surface area contributed by atoms with Crippen LogP contribution in [0.4, 0.5) is 4.39 Å². The number of thiazole rings is 1. The molecule has 0 bridgehead atoms. The quantitative estimate of drug-likeness (QED) is 0.886. The third-order valence-electron chi connectivity index (χ3n) is 2.10. The van der Waals surface area contributed by atoms with Crippen molar-refractivity contribution in [2.24, 2.45) is 0 Å². The lowest BCUT2D eigenvalue weighted by Crippen LogP contribution is -2.15. The van der Waals surface area contributed by atoms with Gasteiger partial charge in [0.1, 0.15) is 5.82 Å². The van der Waals surface area contributed by atoms with Crippen molar-refractivity contribution in [2.45, 2.75) is 20.0 Å². The van der Waals surface area contributed by atoms with Crippen LogP contribution < -0.4 is 5.32 Å². The Kier molecular flexibility index (Phi) is 3.58. The summed E-state index contributed by atoms with van der Waals surface area (Å²) in [6.07, 6.45) is 1.59. The summed E-state index contributed by atoms with van der Waals surface area (Å²) < 4.78 is 13.2. The zero-order valence-corrected chi connectivity index (χ0v) is 9.72. The lowest BCUT2D eigenvalue weighted by atomic mass is 10.3. The molecule has 0 radical (unpaired) electrons. The molecule has 1 N–H and O–H groups in total. The van der Waals surface area contributed by atoms with Crippen molar-refractivity contribution < 1.29 is 4.39 Å². The van der Waals surface area contributed by atoms with Crippen molar-refractivity contribution in [3.05, 3.63) is 45.9 Å². The first-order valence-corrected chi connectivity index (χ1v) is 5.85. The molecule has 16 heavy (non-hydrogen) atoms. The smallest absolute Gasteiger partial charge is 0.146 e. The van der Waals surface area contributed by atoms with Crippen LogP contribution in [0, 0.1) is 12.7 Å². The van der Waals surface area contributed by atoms with Gasteiger partial charge in [0.05, 0.1) is 16.4 Å². The maximum atomic E-state index is 13.2. The second-order valence-corrected chi connectivity index (χ2v) is 4.46. The lowest BCUT2D eigenvalue weighted by Gasteiger charge is -2.02. The summed E-state index contributed by atoms with van der Waals surface area (Å²) in [4.78, 5) is 8.27. The number of aryl methyl sites for hydroxylation is 1. The summed E-state index contributed by atoms with van der Waals surface area (Å²) in [7, 11) is 0. The molecule has 0 aromatic carbocycles. The Morgan fingerprint density at radius 2 is 2.31 bits per heavy atom. The zero-order chi connectivity index (χ0) is 11.4. The summed E-state index contributed by atoms with van der Waals surface area (Å²) in [6, 6.07) is 3.00. The van der Waals surface area contributed by atoms with Gasteiger partial charge in [0.25, 0.3) is 0 Å². The fourth-order valence-corrected chi connectivity index (χ4v) is 1.96. The molecule has 84 valence electrons. The monoisotopic (exact) mass is 237 g/mol. The minimum Gasteiger partial charge on any atom is -0.305 e. The highest BCUT2D eigenvalue weighted by atomic mass is 32.1. The molecule has 2 aromatic heterocycles. The van der Waals surface area contributed by atoms with Crippen LogP contribution in [0.1, 0.15) is 16.4 Å². The maximum Gasteiger partial charge on any atom is 0.146 e. The fourth-order valence-electron chi connectivity index (χ4n) is 1.35. The van der Waals surface area contributed by atoms with Gasteiger partial charge in [0.15, 0.2) is 0 Å². The Bertz CT molecular complexity index is 470. The predicted octanol–water partition coefficient (Wildman–Crippen LogP) is 2.28. The van der Waals surface area contributed by atoms with Gasteiger partial charge < -0.3 is 5.32 Å². The first kappa shape index (κ1) is 11.2. The Morgan fingerprint density at radius 3 is 3.00 bits per heavy atom. The second kappa shape index (κ2) is 5.14. The topological polar surface area (TPSA) is 37.8 Å². The van der Waals surface area contributed by atoms with Crippen LogP contribution in [0.15, 0.2) is 23.7 Å². The molecule has 0 unspecified atom stereocenters. The molecule has 0 amide bonds. The van der Waals surface area contributed by atoms with Crippen molar-refractivity contribution >= 4 is 11.3 Å². The largest absolute Gasteiger partial charge is 0.305 e. The molecule has 0 aliphatic heterocycles. The maximum absolute atomic E-state index is 13.2. The first-order valence-electron chi connectivity index (χ1n) is 4.97. The van der Waals surface area contributed by atoms with Crippen molar-refractivity contribution in [1.82, 2.24) is 15.3 Å². The average Bonchev–Trinajstić information content (AvgIpc) is 2.67. The van der Waals surface area contributed by atoms with E-state index in [1.165, 1.54) is 6.07 Å². The zero-order valence-electron chi connectivity index (χ0n) is 8.90. The molecule has 0 aliphatic rings. The summed E-state index contributed by atoms with van der Waals surface area (Å²) in [6.45, 7) is 3.02. The van der Waals surface area contributed by atoms with E-state index in [-0.39, 0.29) is 5.82 Å². The predicted molar refractivity (Wildman–Crippen MR) is 61.6 cm³/mol. The summed E-state index contributed by atoms with van der Waals surface area (Å²) in [5, 5.41) is 6.15. The van der Waals surface area contributed by atoms with Crippen LogP contribution in [0.25, 0.3) is 0 Å². The van der Waals surface area contributed by atoms with E-state index in [0.29, 0.717) is 18.8 Å². The standard InChI is InChI=1S/C11H12FN3S/c1-8-15-9(7-16-8)5-13-6-11-10(12)3-2-4-14-11/h2-4,7,13H,5-6H2,1H3. The minimum atomic E-state index is -0.274. The normalized spacial score (nSPS) is 10.6. The van der Waals surface area contributed by atoms with Crippen molar-refractivity contribution in [3.8, 4) is 0 Å². The van der Waals surface area contributed by atoms with Gasteiger partial charge in [0, 0.05) is 24.7 Å². The van der Waals surface area contributed by atoms with Crippen LogP contribution in [0.3, 0.4) is 0 Å². The Hall–Kier alpha value is -1.33. The molecular formula is C11H12FN3S. The molecule has 0 fully saturated rings. The summed E-state index contributed by atoms with van der Waals surface area (Å²) in [5.41, 5.74) is 1.42. The number of aromatic nitrogens is 2. The molecule has 2 heterocycles. The molecule has 3 nitrogen and oxygen atoms in total. The van der Waals surface area contributed by atoms with Crippen molar-refractivity contribution in [2.75, 3.05) is 0 Å². The van der Waals surface area contributed by atoms with Gasteiger partial charge in [-0.05, 0) is 19.1 Å². The van der Waals surface area contributed by atoms with E-state index in [1.807, 2.05) is 12.3 Å². The van der Waals surface area contributed by atoms with E-state index in [2.05, 4.69) is 15.3 Å². The van der Waals surface area contributed by atoms with E-state index in [9.17, 15) is 4.39 Å². The molecule has 0 saturated heterocycles.